The van der Waals surface area contributed by atoms with Gasteiger partial charge in [-0.2, -0.15) is 10.1 Å². The van der Waals surface area contributed by atoms with Crippen LogP contribution in [0, 0.1) is 29.6 Å². The van der Waals surface area contributed by atoms with Crippen molar-refractivity contribution in [3.05, 3.63) is 143 Å². The second kappa shape index (κ2) is 43.6. The van der Waals surface area contributed by atoms with E-state index in [0.717, 1.165) is 40.9 Å². The summed E-state index contributed by atoms with van der Waals surface area (Å²) in [5.41, 5.74) is 21.0. The van der Waals surface area contributed by atoms with Crippen molar-refractivity contribution in [3.8, 4) is 11.3 Å². The Balaban J connectivity index is 0.487. The highest BCUT2D eigenvalue weighted by Gasteiger charge is 2.50. The van der Waals surface area contributed by atoms with Crippen molar-refractivity contribution >= 4 is 93.0 Å². The van der Waals surface area contributed by atoms with Gasteiger partial charge in [0.05, 0.1) is 49.3 Å². The molecule has 35 heteroatoms. The highest BCUT2D eigenvalue weighted by Crippen LogP contribution is 2.39. The number of aromatic nitrogens is 9. The van der Waals surface area contributed by atoms with Crippen molar-refractivity contribution in [3.63, 3.8) is 0 Å². The number of oxazole rings is 1. The Morgan fingerprint density at radius 1 is 0.746 bits per heavy atom. The maximum Gasteiger partial charge on any atom is 0.407 e. The zero-order valence-electron chi connectivity index (χ0n) is 75.8. The number of aliphatic hydroxyl groups is 2. The third-order valence-corrected chi connectivity index (χ3v) is 26.6. The number of nitrogens with zero attached hydrogens (tertiary/aromatic N) is 15. The third-order valence-electron chi connectivity index (χ3n) is 26.6. The van der Waals surface area contributed by atoms with Crippen molar-refractivity contribution < 1.29 is 81.4 Å². The standard InChI is InChI=1S/C95H124N18O17/c1-58-15-10-9-11-16-59(2)77(124-7)48-72-17-14-29-95(123,130-72)85(118)89(120)112-30-13-12-18-74(112)90(121)128-78(49-75(114)60(3)44-63(6)83(117)84(125-8)82(116)62(5)43-58)61(4)45-64-20-24-71(25-21-64)127-94(122)102-52-66-50-98-92(99-51-66)110-38-36-108(37-39-110)79(115)28-41-126-42-40-107-32-34-109(35-33-107)93-100-53-70(54-101-93)88(119)111-31-27-67-46-65(19-22-69(67)56-111)55-113-87-80(86(96)103-57-104-87)81(106-113)68-23-26-76-73(47-68)105-91(97)129-76/h9-11,15-16,19,22-23,26,44,46-47,50-51,53-54,57-58,60-62,64,71-72,74,77-78,83-84,117,123H,12-14,17-18,20-21,24-25,27-43,45,48-49,52,55-56H2,1-8H3,(H2,97,105)(H,102,122)(H2,96,103,104)/b11-9?,15-10+,59-16?,63-44+/t58-,60-,61-,62-,64?,71?,72+,74+,77+,78+,83-,84+,95-/m1/s1. The molecule has 2 aromatic carbocycles. The van der Waals surface area contributed by atoms with Gasteiger partial charge < -0.3 is 84.3 Å². The molecule has 11 heterocycles. The van der Waals surface area contributed by atoms with Crippen LogP contribution in [0.5, 0.6) is 0 Å². The molecule has 35 nitrogen and oxygen atoms in total. The highest BCUT2D eigenvalue weighted by molar-refractivity contribution is 6.39. The van der Waals surface area contributed by atoms with E-state index < -0.39 is 83.9 Å². The summed E-state index contributed by atoms with van der Waals surface area (Å²) >= 11 is 0. The number of carbonyl (C=O) groups is 8. The number of anilines is 4. The van der Waals surface area contributed by atoms with Crippen LogP contribution in [0.1, 0.15) is 170 Å². The second-order valence-corrected chi connectivity index (χ2v) is 36.0. The van der Waals surface area contributed by atoms with Crippen molar-refractivity contribution in [1.29, 1.82) is 0 Å². The molecule has 130 heavy (non-hydrogen) atoms. The lowest BCUT2D eigenvalue weighted by Crippen LogP contribution is -2.58. The van der Waals surface area contributed by atoms with Gasteiger partial charge in [0.25, 0.3) is 23.6 Å². The van der Waals surface area contributed by atoms with E-state index in [0.29, 0.717) is 218 Å². The van der Waals surface area contributed by atoms with E-state index in [1.54, 1.807) is 64.8 Å². The zero-order valence-corrected chi connectivity index (χ0v) is 75.8. The van der Waals surface area contributed by atoms with Gasteiger partial charge in [0, 0.05) is 166 Å². The van der Waals surface area contributed by atoms with Crippen molar-refractivity contribution in [2.45, 2.75) is 212 Å². The Bertz CT molecular complexity index is 5290. The molecule has 11 atom stereocenters. The number of ether oxygens (including phenoxy) is 6. The van der Waals surface area contributed by atoms with Gasteiger partial charge in [-0.05, 0) is 155 Å². The lowest BCUT2D eigenvalue weighted by molar-refractivity contribution is -0.245. The number of amides is 4. The SMILES string of the molecule is CO[C@H]1C[C@@H]2CCC[C@@](O)(O2)C(=O)C(=O)N2CCCC[C@H]2C(=O)O[C@H]([C@H](C)CC2CCC(OC(=O)NCc3cnc(N4CCN(C(=O)CCOCCN5CCN(c6ncc(C(=O)N7CCc8cc(Cn9nc(-c%10ccc%11oc(N)nc%11c%10)c%10c(N)ncnc%109)ccc8C7)cn6)CC5)CC4)nc3)CC2)CC(=O)[C@H](C)/C=C(\C)[C@@H](O)[C@@H](OC)C(=O)[C@H](C)C[C@H](C)/C=C/C=CC=C1C. The average molecular weight is 1790 g/mol. The number of ketones is 3. The van der Waals surface area contributed by atoms with E-state index in [-0.39, 0.29) is 86.1 Å². The third kappa shape index (κ3) is 23.5. The zero-order chi connectivity index (χ0) is 91.9. The van der Waals surface area contributed by atoms with Crippen LogP contribution >= 0.6 is 0 Å². The number of piperidine rings is 1. The van der Waals surface area contributed by atoms with E-state index in [2.05, 4.69) is 68.2 Å². The average Bonchev–Trinajstić information content (AvgIpc) is 1.58. The molecule has 14 rings (SSSR count). The molecule has 0 spiro atoms. The summed E-state index contributed by atoms with van der Waals surface area (Å²) in [6.45, 7) is 19.1. The van der Waals surface area contributed by atoms with Gasteiger partial charge in [-0.3, -0.25) is 33.7 Å². The fourth-order valence-electron chi connectivity index (χ4n) is 18.9. The Kier molecular flexibility index (Phi) is 31.8. The molecule has 7 N–H and O–H groups in total. The molecule has 5 fully saturated rings. The molecule has 6 aliphatic heterocycles. The molecule has 4 saturated heterocycles. The lowest BCUT2D eigenvalue weighted by Gasteiger charge is -2.40. The Morgan fingerprint density at radius 2 is 1.48 bits per heavy atom. The number of benzene rings is 2. The van der Waals surface area contributed by atoms with E-state index in [9.17, 15) is 48.6 Å². The molecule has 7 aliphatic rings. The van der Waals surface area contributed by atoms with Gasteiger partial charge in [0.2, 0.25) is 23.6 Å². The first-order chi connectivity index (χ1) is 62.7. The number of piperazine rings is 2. The molecule has 696 valence electrons. The van der Waals surface area contributed by atoms with Crippen LogP contribution in [0.25, 0.3) is 33.4 Å². The number of Topliss-reactive ketones (excluding diaryl/α,β-unsaturated/α-hetero) is 3. The van der Waals surface area contributed by atoms with Crippen LogP contribution in [0.2, 0.25) is 0 Å². The number of nitrogens with two attached hydrogens (primary N) is 2. The van der Waals surface area contributed by atoms with Crippen molar-refractivity contribution in [2.24, 2.45) is 29.6 Å². The molecule has 1 saturated carbocycles. The molecule has 0 unspecified atom stereocenters. The minimum absolute atomic E-state index is 0.0148. The number of rotatable bonds is 20. The maximum absolute atomic E-state index is 14.7. The second-order valence-electron chi connectivity index (χ2n) is 36.0. The first-order valence-corrected chi connectivity index (χ1v) is 45.8. The van der Waals surface area contributed by atoms with Crippen LogP contribution in [0.3, 0.4) is 0 Å². The number of nitrogen functional groups attached to an aromatic ring is 2. The number of hydrogen-bond donors (Lipinski definition) is 5. The number of allylic oxidation sites excluding steroid dienone is 6. The van der Waals surface area contributed by atoms with Crippen LogP contribution in [-0.2, 0) is 83.2 Å². The molecular weight excluding hydrogens is 1670 g/mol. The Hall–Kier alpha value is -11.3. The van der Waals surface area contributed by atoms with Crippen LogP contribution < -0.4 is 26.6 Å². The smallest absolute Gasteiger partial charge is 0.407 e. The fraction of sp³-hybridized carbons (Fsp3) is 0.558. The summed E-state index contributed by atoms with van der Waals surface area (Å²) < 4.78 is 43.2. The van der Waals surface area contributed by atoms with Crippen LogP contribution in [0.4, 0.5) is 28.5 Å². The number of cyclic esters (lactones) is 1. The predicted molar refractivity (Wildman–Crippen MR) is 484 cm³/mol. The van der Waals surface area contributed by atoms with E-state index >= 15 is 0 Å². The molecule has 0 radical (unpaired) electrons. The highest BCUT2D eigenvalue weighted by atomic mass is 16.6. The van der Waals surface area contributed by atoms with Gasteiger partial charge in [-0.1, -0.05) is 82.4 Å². The lowest BCUT2D eigenvalue weighted by atomic mass is 9.79. The van der Waals surface area contributed by atoms with E-state index in [4.69, 9.17) is 49.4 Å². The number of esters is 1. The first-order valence-electron chi connectivity index (χ1n) is 45.8. The molecule has 7 aromatic rings. The van der Waals surface area contributed by atoms with Crippen molar-refractivity contribution in [1.82, 2.24) is 69.6 Å². The summed E-state index contributed by atoms with van der Waals surface area (Å²) in [4.78, 5) is 155. The fourth-order valence-corrected chi connectivity index (χ4v) is 18.9. The van der Waals surface area contributed by atoms with E-state index in [1.807, 2.05) is 82.7 Å². The van der Waals surface area contributed by atoms with Crippen LogP contribution in [-0.4, -0.2) is 269 Å². The first kappa shape index (κ1) is 94.8. The molecule has 2 bridgehead atoms. The number of aliphatic hydroxyl groups excluding tert-OH is 1. The van der Waals surface area contributed by atoms with Gasteiger partial charge >= 0.3 is 12.1 Å². The number of fused-ring (bicyclic) bond motifs is 6. The molecular formula is C95H124N18O17. The van der Waals surface area contributed by atoms with Gasteiger partial charge in [-0.15, -0.1) is 0 Å². The van der Waals surface area contributed by atoms with E-state index in [1.165, 1.54) is 18.3 Å². The summed E-state index contributed by atoms with van der Waals surface area (Å²) in [5, 5.41) is 32.0. The summed E-state index contributed by atoms with van der Waals surface area (Å²) in [5.74, 6) is -6.30. The Labute approximate surface area is 757 Å². The van der Waals surface area contributed by atoms with Crippen molar-refractivity contribution in [2.75, 3.05) is 121 Å². The summed E-state index contributed by atoms with van der Waals surface area (Å²) in [6.07, 6.45) is 20.1. The maximum atomic E-state index is 14.7. The minimum atomic E-state index is -2.44. The normalized spacial score (nSPS) is 26.4. The molecule has 4 amide bonds. The largest absolute Gasteiger partial charge is 0.460 e. The number of hydrogen-bond acceptors (Lipinski definition) is 30. The number of alkyl carbamates (subject to hydrolysis) is 1. The number of carbonyl (C=O) groups excluding carboxylic acids is 8. The predicted octanol–water partition coefficient (Wildman–Crippen LogP) is 9.06. The van der Waals surface area contributed by atoms with Gasteiger partial charge in [-0.25, -0.2) is 44.2 Å². The minimum Gasteiger partial charge on any atom is -0.460 e. The summed E-state index contributed by atoms with van der Waals surface area (Å²) in [6, 6.07) is 10.7. The Morgan fingerprint density at radius 3 is 2.22 bits per heavy atom. The number of methoxy groups -OCH3 is 2. The molecule has 1 aliphatic carbocycles. The molecule has 5 aromatic heterocycles. The van der Waals surface area contributed by atoms with Gasteiger partial charge in [0.1, 0.15) is 59.6 Å². The van der Waals surface area contributed by atoms with Crippen LogP contribution in [0.15, 0.2) is 120 Å². The quantitative estimate of drug-likeness (QED) is 0.0205. The topological polar surface area (TPSA) is 437 Å². The summed E-state index contributed by atoms with van der Waals surface area (Å²) in [7, 11) is 2.94. The number of nitrogens with one attached hydrogen (secondary N) is 1. The van der Waals surface area contributed by atoms with Gasteiger partial charge in [0.15, 0.2) is 17.0 Å². The monoisotopic (exact) mass is 1790 g/mol.